The number of aryl methyl sites for hydroxylation is 1. The number of nitro groups is 1. The van der Waals surface area contributed by atoms with Gasteiger partial charge < -0.3 is 4.74 Å². The van der Waals surface area contributed by atoms with E-state index in [2.05, 4.69) is 4.98 Å². The van der Waals surface area contributed by atoms with Crippen LogP contribution in [0.5, 0.6) is 5.75 Å². The molecule has 0 N–H and O–H groups in total. The lowest BCUT2D eigenvalue weighted by Crippen LogP contribution is -1.95. The van der Waals surface area contributed by atoms with Gasteiger partial charge in [-0.15, -0.1) is 0 Å². The van der Waals surface area contributed by atoms with Gasteiger partial charge in [-0.1, -0.05) is 29.4 Å². The highest BCUT2D eigenvalue weighted by Crippen LogP contribution is 2.32. The zero-order valence-electron chi connectivity index (χ0n) is 11.5. The van der Waals surface area contributed by atoms with Crippen LogP contribution in [0.4, 0.5) is 5.69 Å². The molecule has 1 aromatic carbocycles. The molecule has 7 heteroatoms. The molecule has 1 aromatic heterocycles. The third kappa shape index (κ3) is 3.86. The van der Waals surface area contributed by atoms with Gasteiger partial charge in [0.15, 0.2) is 5.03 Å². The van der Waals surface area contributed by atoms with E-state index in [1.165, 1.54) is 17.8 Å². The minimum atomic E-state index is -0.413. The van der Waals surface area contributed by atoms with E-state index in [-0.39, 0.29) is 5.69 Å². The fraction of sp³-hybridized carbons (Fsp3) is 0.214. The number of pyridine rings is 1. The number of benzene rings is 1. The van der Waals surface area contributed by atoms with Crippen LogP contribution < -0.4 is 4.74 Å². The molecule has 0 fully saturated rings. The van der Waals surface area contributed by atoms with Crippen molar-refractivity contribution < 1.29 is 9.66 Å². The monoisotopic (exact) mass is 324 g/mol. The van der Waals surface area contributed by atoms with E-state index in [4.69, 9.17) is 16.3 Å². The van der Waals surface area contributed by atoms with Gasteiger partial charge in [0, 0.05) is 18.0 Å². The topological polar surface area (TPSA) is 65.3 Å². The molecule has 2 rings (SSSR count). The molecule has 0 atom stereocenters. The largest absolute Gasteiger partial charge is 0.495 e. The van der Waals surface area contributed by atoms with Crippen LogP contribution in [-0.2, 0) is 5.75 Å². The Balaban J connectivity index is 2.16. The van der Waals surface area contributed by atoms with E-state index < -0.39 is 4.92 Å². The standard InChI is InChI=1S/C14H13ClN2O3S/c1-9-5-12(17(18)19)14(16-7-9)21-8-10-3-4-13(20-2)11(15)6-10/h3-7H,8H2,1-2H3. The highest BCUT2D eigenvalue weighted by atomic mass is 35.5. The van der Waals surface area contributed by atoms with E-state index >= 15 is 0 Å². The molecule has 5 nitrogen and oxygen atoms in total. The molecular weight excluding hydrogens is 312 g/mol. The van der Waals surface area contributed by atoms with Gasteiger partial charge >= 0.3 is 5.69 Å². The summed E-state index contributed by atoms with van der Waals surface area (Å²) in [5.74, 6) is 1.14. The summed E-state index contributed by atoms with van der Waals surface area (Å²) < 4.78 is 5.09. The Bertz CT molecular complexity index is 679. The normalized spacial score (nSPS) is 10.4. The average Bonchev–Trinajstić information content (AvgIpc) is 2.46. The number of nitrogens with zero attached hydrogens (tertiary/aromatic N) is 2. The second-order valence-electron chi connectivity index (χ2n) is 4.35. The summed E-state index contributed by atoms with van der Waals surface area (Å²) in [7, 11) is 1.55. The summed E-state index contributed by atoms with van der Waals surface area (Å²) in [6.07, 6.45) is 1.62. The van der Waals surface area contributed by atoms with Crippen molar-refractivity contribution in [3.8, 4) is 5.75 Å². The van der Waals surface area contributed by atoms with Crippen LogP contribution in [0.25, 0.3) is 0 Å². The highest BCUT2D eigenvalue weighted by molar-refractivity contribution is 7.98. The maximum Gasteiger partial charge on any atom is 0.301 e. The van der Waals surface area contributed by atoms with Crippen molar-refractivity contribution in [3.05, 3.63) is 56.7 Å². The molecule has 0 amide bonds. The lowest BCUT2D eigenvalue weighted by Gasteiger charge is -2.06. The summed E-state index contributed by atoms with van der Waals surface area (Å²) in [6, 6.07) is 6.96. The zero-order valence-corrected chi connectivity index (χ0v) is 13.1. The van der Waals surface area contributed by atoms with Crippen molar-refractivity contribution in [2.45, 2.75) is 17.7 Å². The van der Waals surface area contributed by atoms with Crippen LogP contribution >= 0.6 is 23.4 Å². The van der Waals surface area contributed by atoms with Crippen LogP contribution in [0.15, 0.2) is 35.5 Å². The smallest absolute Gasteiger partial charge is 0.301 e. The molecule has 0 saturated heterocycles. The number of aromatic nitrogens is 1. The lowest BCUT2D eigenvalue weighted by molar-refractivity contribution is -0.388. The maximum absolute atomic E-state index is 11.0. The fourth-order valence-electron chi connectivity index (χ4n) is 1.73. The molecule has 1 heterocycles. The van der Waals surface area contributed by atoms with Crippen LogP contribution in [0.2, 0.25) is 5.02 Å². The van der Waals surface area contributed by atoms with Crippen LogP contribution in [-0.4, -0.2) is 17.0 Å². The summed E-state index contributed by atoms with van der Waals surface area (Å²) in [5, 5.41) is 12.0. The van der Waals surface area contributed by atoms with Gasteiger partial charge in [0.1, 0.15) is 5.75 Å². The molecule has 0 aliphatic carbocycles. The van der Waals surface area contributed by atoms with Crippen molar-refractivity contribution in [2.75, 3.05) is 7.11 Å². The Morgan fingerprint density at radius 1 is 1.43 bits per heavy atom. The van der Waals surface area contributed by atoms with Crippen LogP contribution in [0.1, 0.15) is 11.1 Å². The summed E-state index contributed by atoms with van der Waals surface area (Å²) in [4.78, 5) is 14.8. The van der Waals surface area contributed by atoms with E-state index in [1.54, 1.807) is 32.4 Å². The molecule has 0 saturated carbocycles. The van der Waals surface area contributed by atoms with Gasteiger partial charge in [-0.25, -0.2) is 4.98 Å². The molecule has 0 aliphatic rings. The van der Waals surface area contributed by atoms with Crippen molar-refractivity contribution in [3.63, 3.8) is 0 Å². The number of halogens is 1. The van der Waals surface area contributed by atoms with E-state index in [9.17, 15) is 10.1 Å². The first-order valence-corrected chi connectivity index (χ1v) is 7.44. The van der Waals surface area contributed by atoms with E-state index in [0.29, 0.717) is 21.6 Å². The molecule has 0 radical (unpaired) electrons. The third-order valence-electron chi connectivity index (χ3n) is 2.76. The molecule has 0 spiro atoms. The number of ether oxygens (including phenoxy) is 1. The molecule has 0 unspecified atom stereocenters. The molecule has 0 aliphatic heterocycles. The number of hydrogen-bond acceptors (Lipinski definition) is 5. The van der Waals surface area contributed by atoms with E-state index in [1.807, 2.05) is 6.07 Å². The number of methoxy groups -OCH3 is 1. The number of hydrogen-bond donors (Lipinski definition) is 0. The number of thioether (sulfide) groups is 1. The predicted molar refractivity (Wildman–Crippen MR) is 83.2 cm³/mol. The fourth-order valence-corrected chi connectivity index (χ4v) is 2.91. The van der Waals surface area contributed by atoms with Crippen molar-refractivity contribution in [1.29, 1.82) is 0 Å². The minimum absolute atomic E-state index is 0.0274. The van der Waals surface area contributed by atoms with Gasteiger partial charge in [0.25, 0.3) is 0 Å². The molecule has 21 heavy (non-hydrogen) atoms. The molecule has 2 aromatic rings. The van der Waals surface area contributed by atoms with Gasteiger partial charge in [0.05, 0.1) is 17.1 Å². The molecule has 0 bridgehead atoms. The SMILES string of the molecule is COc1ccc(CSc2ncc(C)cc2[N+](=O)[O-])cc1Cl. The predicted octanol–water partition coefficient (Wildman–Crippen LogP) is 4.25. The first-order chi connectivity index (χ1) is 10.0. The van der Waals surface area contributed by atoms with Crippen LogP contribution in [0, 0.1) is 17.0 Å². The third-order valence-corrected chi connectivity index (χ3v) is 4.12. The summed E-state index contributed by atoms with van der Waals surface area (Å²) >= 11 is 7.36. The maximum atomic E-state index is 11.0. The van der Waals surface area contributed by atoms with Crippen LogP contribution in [0.3, 0.4) is 0 Å². The highest BCUT2D eigenvalue weighted by Gasteiger charge is 2.16. The Morgan fingerprint density at radius 3 is 2.81 bits per heavy atom. The second kappa shape index (κ2) is 6.78. The Hall–Kier alpha value is -1.79. The van der Waals surface area contributed by atoms with Gasteiger partial charge in [0.2, 0.25) is 0 Å². The summed E-state index contributed by atoms with van der Waals surface area (Å²) in [6.45, 7) is 1.78. The van der Waals surface area contributed by atoms with Crippen molar-refractivity contribution in [2.24, 2.45) is 0 Å². The zero-order chi connectivity index (χ0) is 15.4. The lowest BCUT2D eigenvalue weighted by atomic mass is 10.2. The van der Waals surface area contributed by atoms with Crippen molar-refractivity contribution >= 4 is 29.1 Å². The second-order valence-corrected chi connectivity index (χ2v) is 5.72. The minimum Gasteiger partial charge on any atom is -0.495 e. The first kappa shape index (κ1) is 15.6. The Kier molecular flexibility index (Phi) is 5.03. The average molecular weight is 325 g/mol. The Labute approximate surface area is 131 Å². The Morgan fingerprint density at radius 2 is 2.19 bits per heavy atom. The number of rotatable bonds is 5. The quantitative estimate of drug-likeness (QED) is 0.467. The van der Waals surface area contributed by atoms with Gasteiger partial charge in [-0.2, -0.15) is 0 Å². The van der Waals surface area contributed by atoms with E-state index in [0.717, 1.165) is 11.1 Å². The molecule has 110 valence electrons. The van der Waals surface area contributed by atoms with Gasteiger partial charge in [-0.3, -0.25) is 10.1 Å². The first-order valence-electron chi connectivity index (χ1n) is 6.07. The molecular formula is C14H13ClN2O3S. The summed E-state index contributed by atoms with van der Waals surface area (Å²) in [5.41, 5.74) is 1.74. The van der Waals surface area contributed by atoms with Gasteiger partial charge in [-0.05, 0) is 30.2 Å². The van der Waals surface area contributed by atoms with Crippen molar-refractivity contribution in [1.82, 2.24) is 4.98 Å².